The molecule has 0 aliphatic rings. The summed E-state index contributed by atoms with van der Waals surface area (Å²) in [5.74, 6) is -1.54. The van der Waals surface area contributed by atoms with Gasteiger partial charge in [0.05, 0.1) is 19.1 Å². The number of methoxy groups -OCH3 is 1. The lowest BCUT2D eigenvalue weighted by Gasteiger charge is -2.16. The largest absolute Gasteiger partial charge is 0.469 e. The van der Waals surface area contributed by atoms with Crippen molar-refractivity contribution in [3.63, 3.8) is 0 Å². The number of rotatable bonds is 3. The van der Waals surface area contributed by atoms with Crippen LogP contribution in [0.15, 0.2) is 24.3 Å². The molecule has 1 N–H and O–H groups in total. The van der Waals surface area contributed by atoms with E-state index in [-0.39, 0.29) is 5.82 Å². The number of carbonyl (C=O) groups excluding carboxylic acids is 1. The molecule has 1 aromatic rings. The van der Waals surface area contributed by atoms with Gasteiger partial charge in [-0.1, -0.05) is 12.1 Å². The highest BCUT2D eigenvalue weighted by Gasteiger charge is 2.23. The number of hydrogen-bond acceptors (Lipinski definition) is 3. The maximum atomic E-state index is 12.6. The molecule has 0 radical (unpaired) electrons. The topological polar surface area (TPSA) is 46.5 Å². The normalized spacial score (nSPS) is 14.4. The average molecular weight is 212 g/mol. The minimum absolute atomic E-state index is 0.378. The van der Waals surface area contributed by atoms with Crippen molar-refractivity contribution < 1.29 is 19.0 Å². The number of benzene rings is 1. The van der Waals surface area contributed by atoms with E-state index in [1.165, 1.54) is 31.4 Å². The van der Waals surface area contributed by atoms with Crippen LogP contribution in [0.5, 0.6) is 0 Å². The summed E-state index contributed by atoms with van der Waals surface area (Å²) in [7, 11) is 1.26. The number of aliphatic hydroxyl groups is 1. The van der Waals surface area contributed by atoms with Crippen LogP contribution in [-0.4, -0.2) is 18.2 Å². The molecule has 0 aromatic heterocycles. The minimum atomic E-state index is -0.974. The molecule has 0 saturated heterocycles. The van der Waals surface area contributed by atoms with Crippen LogP contribution in [0.25, 0.3) is 0 Å². The fourth-order valence-corrected chi connectivity index (χ4v) is 1.26. The number of halogens is 1. The lowest BCUT2D eigenvalue weighted by molar-refractivity contribution is -0.148. The fourth-order valence-electron chi connectivity index (χ4n) is 1.26. The van der Waals surface area contributed by atoms with Crippen molar-refractivity contribution in [3.8, 4) is 0 Å². The van der Waals surface area contributed by atoms with Gasteiger partial charge in [0, 0.05) is 0 Å². The van der Waals surface area contributed by atoms with Crippen LogP contribution >= 0.6 is 0 Å². The SMILES string of the molecule is COC(=O)C(C)C(O)c1ccc(F)cc1. The Bertz CT molecular complexity index is 334. The van der Waals surface area contributed by atoms with Crippen molar-refractivity contribution in [2.24, 2.45) is 5.92 Å². The summed E-state index contributed by atoms with van der Waals surface area (Å²) in [6.07, 6.45) is -0.974. The lowest BCUT2D eigenvalue weighted by atomic mass is 9.98. The van der Waals surface area contributed by atoms with Gasteiger partial charge in [0.25, 0.3) is 0 Å². The highest BCUT2D eigenvalue weighted by atomic mass is 19.1. The van der Waals surface area contributed by atoms with Crippen molar-refractivity contribution in [1.29, 1.82) is 0 Å². The number of ether oxygens (including phenoxy) is 1. The summed E-state index contributed by atoms with van der Waals surface area (Å²) in [5.41, 5.74) is 0.495. The minimum Gasteiger partial charge on any atom is -0.469 e. The van der Waals surface area contributed by atoms with Gasteiger partial charge in [-0.15, -0.1) is 0 Å². The smallest absolute Gasteiger partial charge is 0.311 e. The van der Waals surface area contributed by atoms with Gasteiger partial charge < -0.3 is 9.84 Å². The van der Waals surface area contributed by atoms with E-state index >= 15 is 0 Å². The van der Waals surface area contributed by atoms with Crippen LogP contribution in [0, 0.1) is 11.7 Å². The maximum absolute atomic E-state index is 12.6. The van der Waals surface area contributed by atoms with Crippen LogP contribution < -0.4 is 0 Å². The van der Waals surface area contributed by atoms with E-state index in [1.807, 2.05) is 0 Å². The highest BCUT2D eigenvalue weighted by molar-refractivity contribution is 5.72. The van der Waals surface area contributed by atoms with Gasteiger partial charge >= 0.3 is 5.97 Å². The summed E-state index contributed by atoms with van der Waals surface area (Å²) in [6.45, 7) is 1.56. The molecule has 2 atom stereocenters. The molecule has 0 aliphatic carbocycles. The number of carbonyl (C=O) groups is 1. The monoisotopic (exact) mass is 212 g/mol. The van der Waals surface area contributed by atoms with Crippen LogP contribution in [0.2, 0.25) is 0 Å². The zero-order valence-electron chi connectivity index (χ0n) is 8.61. The van der Waals surface area contributed by atoms with Crippen molar-refractivity contribution >= 4 is 5.97 Å². The Morgan fingerprint density at radius 3 is 2.40 bits per heavy atom. The van der Waals surface area contributed by atoms with E-state index in [0.29, 0.717) is 5.56 Å². The van der Waals surface area contributed by atoms with E-state index < -0.39 is 18.0 Å². The third kappa shape index (κ3) is 2.76. The summed E-state index contributed by atoms with van der Waals surface area (Å²) in [6, 6.07) is 5.37. The average Bonchev–Trinajstić information content (AvgIpc) is 2.27. The molecule has 3 nitrogen and oxygen atoms in total. The number of esters is 1. The Morgan fingerprint density at radius 1 is 1.40 bits per heavy atom. The Hall–Kier alpha value is -1.42. The second kappa shape index (κ2) is 4.89. The molecule has 15 heavy (non-hydrogen) atoms. The van der Waals surface area contributed by atoms with Crippen molar-refractivity contribution in [1.82, 2.24) is 0 Å². The lowest BCUT2D eigenvalue weighted by Crippen LogP contribution is -2.20. The molecule has 82 valence electrons. The first-order valence-electron chi connectivity index (χ1n) is 4.57. The summed E-state index contributed by atoms with van der Waals surface area (Å²) in [5, 5.41) is 9.76. The Balaban J connectivity index is 2.80. The predicted octanol–water partition coefficient (Wildman–Crippen LogP) is 1.67. The quantitative estimate of drug-likeness (QED) is 0.775. The zero-order chi connectivity index (χ0) is 11.4. The molecule has 0 heterocycles. The molecule has 0 spiro atoms. The standard InChI is InChI=1S/C11H13FO3/c1-7(11(14)15-2)10(13)8-3-5-9(12)6-4-8/h3-7,10,13H,1-2H3. The molecular weight excluding hydrogens is 199 g/mol. The summed E-state index contributed by atoms with van der Waals surface area (Å²) in [4.78, 5) is 11.1. The first-order chi connectivity index (χ1) is 7.06. The summed E-state index contributed by atoms with van der Waals surface area (Å²) < 4.78 is 17.1. The first-order valence-corrected chi connectivity index (χ1v) is 4.57. The molecule has 4 heteroatoms. The molecule has 0 saturated carbocycles. The highest BCUT2D eigenvalue weighted by Crippen LogP contribution is 2.22. The zero-order valence-corrected chi connectivity index (χ0v) is 8.61. The van der Waals surface area contributed by atoms with E-state index in [0.717, 1.165) is 0 Å². The van der Waals surface area contributed by atoms with Crippen LogP contribution in [0.4, 0.5) is 4.39 Å². The Kier molecular flexibility index (Phi) is 3.80. The number of hydrogen-bond donors (Lipinski definition) is 1. The van der Waals surface area contributed by atoms with Crippen molar-refractivity contribution in [3.05, 3.63) is 35.6 Å². The fraction of sp³-hybridized carbons (Fsp3) is 0.364. The van der Waals surface area contributed by atoms with Gasteiger partial charge in [0.2, 0.25) is 0 Å². The Labute approximate surface area is 87.5 Å². The molecule has 0 amide bonds. The second-order valence-corrected chi connectivity index (χ2v) is 3.31. The molecule has 1 rings (SSSR count). The van der Waals surface area contributed by atoms with Gasteiger partial charge in [-0.2, -0.15) is 0 Å². The molecular formula is C11H13FO3. The van der Waals surface area contributed by atoms with E-state index in [2.05, 4.69) is 4.74 Å². The third-order valence-corrected chi connectivity index (χ3v) is 2.26. The van der Waals surface area contributed by atoms with Crippen molar-refractivity contribution in [2.75, 3.05) is 7.11 Å². The van der Waals surface area contributed by atoms with Crippen LogP contribution in [-0.2, 0) is 9.53 Å². The van der Waals surface area contributed by atoms with E-state index in [4.69, 9.17) is 0 Å². The molecule has 0 bridgehead atoms. The van der Waals surface area contributed by atoms with Crippen molar-refractivity contribution in [2.45, 2.75) is 13.0 Å². The van der Waals surface area contributed by atoms with E-state index in [9.17, 15) is 14.3 Å². The van der Waals surface area contributed by atoms with Gasteiger partial charge in [0.15, 0.2) is 0 Å². The maximum Gasteiger partial charge on any atom is 0.311 e. The Morgan fingerprint density at radius 2 is 1.93 bits per heavy atom. The second-order valence-electron chi connectivity index (χ2n) is 3.31. The third-order valence-electron chi connectivity index (χ3n) is 2.26. The van der Waals surface area contributed by atoms with Gasteiger partial charge in [0.1, 0.15) is 5.82 Å². The molecule has 0 aliphatic heterocycles. The number of aliphatic hydroxyl groups excluding tert-OH is 1. The van der Waals surface area contributed by atoms with Crippen LogP contribution in [0.1, 0.15) is 18.6 Å². The molecule has 2 unspecified atom stereocenters. The van der Waals surface area contributed by atoms with Gasteiger partial charge in [-0.3, -0.25) is 4.79 Å². The predicted molar refractivity (Wildman–Crippen MR) is 52.5 cm³/mol. The summed E-state index contributed by atoms with van der Waals surface area (Å²) >= 11 is 0. The molecule has 1 aromatic carbocycles. The molecule has 0 fully saturated rings. The van der Waals surface area contributed by atoms with Crippen LogP contribution in [0.3, 0.4) is 0 Å². The van der Waals surface area contributed by atoms with Gasteiger partial charge in [-0.05, 0) is 24.6 Å². The first kappa shape index (κ1) is 11.7. The van der Waals surface area contributed by atoms with E-state index in [1.54, 1.807) is 6.92 Å². The van der Waals surface area contributed by atoms with Gasteiger partial charge in [-0.25, -0.2) is 4.39 Å².